The number of nitrogens with zero attached hydrogens (tertiary/aromatic N) is 3. The molecule has 160 valence electrons. The summed E-state index contributed by atoms with van der Waals surface area (Å²) < 4.78 is 5.03. The minimum absolute atomic E-state index is 0.104. The van der Waals surface area contributed by atoms with Crippen molar-refractivity contribution < 1.29 is 14.3 Å². The Bertz CT molecular complexity index is 1070. The lowest BCUT2D eigenvalue weighted by molar-refractivity contribution is -0.129. The maximum atomic E-state index is 12.8. The Balaban J connectivity index is 1.53. The Morgan fingerprint density at radius 3 is 2.81 bits per heavy atom. The lowest BCUT2D eigenvalue weighted by Gasteiger charge is -2.17. The van der Waals surface area contributed by atoms with Crippen molar-refractivity contribution >= 4 is 22.7 Å². The number of rotatable bonds is 7. The zero-order chi connectivity index (χ0) is 21.6. The fourth-order valence-electron chi connectivity index (χ4n) is 3.97. The highest BCUT2D eigenvalue weighted by Gasteiger charge is 2.29. The molecule has 0 saturated carbocycles. The van der Waals surface area contributed by atoms with E-state index in [1.807, 2.05) is 47.4 Å². The number of amides is 2. The van der Waals surface area contributed by atoms with E-state index < -0.39 is 0 Å². The van der Waals surface area contributed by atoms with Gasteiger partial charge < -0.3 is 15.0 Å². The molecule has 0 bridgehead atoms. The maximum absolute atomic E-state index is 12.8. The first kappa shape index (κ1) is 20.9. The number of benzene rings is 1. The van der Waals surface area contributed by atoms with Gasteiger partial charge in [-0.15, -0.1) is 0 Å². The SMILES string of the molecule is COCCNC(=O)c1cc([C@@H]2CCN(C(=O)Cc3ccncc3)C2)nc2ccccc12. The number of carbonyl (C=O) groups excluding carboxylic acids is 2. The molecule has 7 nitrogen and oxygen atoms in total. The van der Waals surface area contributed by atoms with Crippen molar-refractivity contribution in [1.29, 1.82) is 0 Å². The Morgan fingerprint density at radius 2 is 2.00 bits per heavy atom. The summed E-state index contributed by atoms with van der Waals surface area (Å²) in [7, 11) is 1.61. The van der Waals surface area contributed by atoms with Crippen molar-refractivity contribution in [2.24, 2.45) is 0 Å². The highest BCUT2D eigenvalue weighted by atomic mass is 16.5. The number of hydrogen-bond acceptors (Lipinski definition) is 5. The van der Waals surface area contributed by atoms with Gasteiger partial charge in [0.15, 0.2) is 0 Å². The summed E-state index contributed by atoms with van der Waals surface area (Å²) in [5.41, 5.74) is 3.22. The molecule has 4 rings (SSSR count). The second-order valence-electron chi connectivity index (χ2n) is 7.72. The van der Waals surface area contributed by atoms with E-state index >= 15 is 0 Å². The van der Waals surface area contributed by atoms with Crippen LogP contribution < -0.4 is 5.32 Å². The minimum atomic E-state index is -0.138. The molecule has 1 atom stereocenters. The summed E-state index contributed by atoms with van der Waals surface area (Å²) in [5, 5.41) is 3.73. The van der Waals surface area contributed by atoms with Crippen LogP contribution in [0.1, 0.15) is 34.0 Å². The van der Waals surface area contributed by atoms with Crippen LogP contribution >= 0.6 is 0 Å². The number of para-hydroxylation sites is 1. The van der Waals surface area contributed by atoms with Crippen LogP contribution in [-0.4, -0.2) is 60.0 Å². The van der Waals surface area contributed by atoms with Gasteiger partial charge in [0, 0.05) is 56.1 Å². The smallest absolute Gasteiger partial charge is 0.252 e. The van der Waals surface area contributed by atoms with Crippen LogP contribution in [0.3, 0.4) is 0 Å². The predicted molar refractivity (Wildman–Crippen MR) is 118 cm³/mol. The Kier molecular flexibility index (Phi) is 6.52. The van der Waals surface area contributed by atoms with Crippen LogP contribution in [0.4, 0.5) is 0 Å². The molecule has 2 aromatic heterocycles. The highest BCUT2D eigenvalue weighted by molar-refractivity contribution is 6.06. The van der Waals surface area contributed by atoms with E-state index in [0.29, 0.717) is 38.2 Å². The van der Waals surface area contributed by atoms with Crippen molar-refractivity contribution in [3.63, 3.8) is 0 Å². The Labute approximate surface area is 181 Å². The third-order valence-electron chi connectivity index (χ3n) is 5.64. The molecule has 0 aliphatic carbocycles. The molecule has 0 radical (unpaired) electrons. The molecule has 1 saturated heterocycles. The average Bonchev–Trinajstić information content (AvgIpc) is 3.30. The number of methoxy groups -OCH3 is 1. The quantitative estimate of drug-likeness (QED) is 0.596. The summed E-state index contributed by atoms with van der Waals surface area (Å²) in [6.45, 7) is 2.21. The maximum Gasteiger partial charge on any atom is 0.252 e. The number of ether oxygens (including phenoxy) is 1. The van der Waals surface area contributed by atoms with Crippen molar-refractivity contribution in [3.8, 4) is 0 Å². The van der Waals surface area contributed by atoms with Crippen molar-refractivity contribution in [2.45, 2.75) is 18.8 Å². The number of aromatic nitrogens is 2. The summed E-state index contributed by atoms with van der Waals surface area (Å²) in [6.07, 6.45) is 4.60. The lowest BCUT2D eigenvalue weighted by atomic mass is 9.99. The van der Waals surface area contributed by atoms with Crippen LogP contribution in [0, 0.1) is 0 Å². The van der Waals surface area contributed by atoms with Crippen LogP contribution in [-0.2, 0) is 16.0 Å². The fourth-order valence-corrected chi connectivity index (χ4v) is 3.97. The van der Waals surface area contributed by atoms with Gasteiger partial charge in [-0.05, 0) is 36.2 Å². The lowest BCUT2D eigenvalue weighted by Crippen LogP contribution is -2.30. The first-order chi connectivity index (χ1) is 15.2. The fraction of sp³-hybridized carbons (Fsp3) is 0.333. The second-order valence-corrected chi connectivity index (χ2v) is 7.72. The van der Waals surface area contributed by atoms with Crippen molar-refractivity contribution in [2.75, 3.05) is 33.4 Å². The van der Waals surface area contributed by atoms with Gasteiger partial charge in [0.05, 0.1) is 24.1 Å². The molecule has 3 heterocycles. The average molecular weight is 418 g/mol. The summed E-state index contributed by atoms with van der Waals surface area (Å²) in [4.78, 5) is 36.3. The van der Waals surface area contributed by atoms with E-state index in [1.54, 1.807) is 19.5 Å². The molecule has 0 unspecified atom stereocenters. The van der Waals surface area contributed by atoms with Crippen LogP contribution in [0.2, 0.25) is 0 Å². The molecule has 3 aromatic rings. The third-order valence-corrected chi connectivity index (χ3v) is 5.64. The highest BCUT2D eigenvalue weighted by Crippen LogP contribution is 2.29. The Morgan fingerprint density at radius 1 is 1.19 bits per heavy atom. The molecule has 1 aromatic carbocycles. The molecule has 1 aliphatic heterocycles. The van der Waals surface area contributed by atoms with E-state index in [1.165, 1.54) is 0 Å². The molecule has 7 heteroatoms. The summed E-state index contributed by atoms with van der Waals surface area (Å²) >= 11 is 0. The zero-order valence-electron chi connectivity index (χ0n) is 17.6. The number of hydrogen-bond donors (Lipinski definition) is 1. The second kappa shape index (κ2) is 9.66. The van der Waals surface area contributed by atoms with E-state index in [0.717, 1.165) is 28.6 Å². The molecule has 31 heavy (non-hydrogen) atoms. The molecular weight excluding hydrogens is 392 g/mol. The number of likely N-dealkylation sites (tertiary alicyclic amines) is 1. The van der Waals surface area contributed by atoms with E-state index in [2.05, 4.69) is 10.3 Å². The van der Waals surface area contributed by atoms with Crippen molar-refractivity contribution in [1.82, 2.24) is 20.2 Å². The van der Waals surface area contributed by atoms with Gasteiger partial charge >= 0.3 is 0 Å². The predicted octanol–water partition coefficient (Wildman–Crippen LogP) is 2.56. The monoisotopic (exact) mass is 418 g/mol. The van der Waals surface area contributed by atoms with Crippen LogP contribution in [0.25, 0.3) is 10.9 Å². The van der Waals surface area contributed by atoms with Crippen LogP contribution in [0.15, 0.2) is 54.9 Å². The summed E-state index contributed by atoms with van der Waals surface area (Å²) in [6, 6.07) is 13.3. The normalized spacial score (nSPS) is 15.9. The molecule has 2 amide bonds. The molecule has 1 fully saturated rings. The first-order valence-electron chi connectivity index (χ1n) is 10.5. The topological polar surface area (TPSA) is 84.4 Å². The van der Waals surface area contributed by atoms with E-state index in [-0.39, 0.29) is 17.7 Å². The Hall–Kier alpha value is -3.32. The van der Waals surface area contributed by atoms with Gasteiger partial charge in [0.1, 0.15) is 0 Å². The first-order valence-corrected chi connectivity index (χ1v) is 10.5. The van der Waals surface area contributed by atoms with Gasteiger partial charge in [-0.25, -0.2) is 0 Å². The summed E-state index contributed by atoms with van der Waals surface area (Å²) in [5.74, 6) is 0.0732. The van der Waals surface area contributed by atoms with E-state index in [9.17, 15) is 9.59 Å². The number of carbonyl (C=O) groups is 2. The van der Waals surface area contributed by atoms with Gasteiger partial charge in [0.25, 0.3) is 5.91 Å². The number of fused-ring (bicyclic) bond motifs is 1. The molecule has 1 N–H and O–H groups in total. The molecule has 0 spiro atoms. The number of nitrogens with one attached hydrogen (secondary N) is 1. The molecule has 1 aliphatic rings. The van der Waals surface area contributed by atoms with Crippen LogP contribution in [0.5, 0.6) is 0 Å². The largest absolute Gasteiger partial charge is 0.383 e. The standard InChI is InChI=1S/C24H26N4O3/c1-31-13-11-26-24(30)20-15-22(27-21-5-3-2-4-19(20)21)18-8-12-28(16-18)23(29)14-17-6-9-25-10-7-17/h2-7,9-10,15,18H,8,11-14,16H2,1H3,(H,26,30)/t18-/m1/s1. The minimum Gasteiger partial charge on any atom is -0.383 e. The third kappa shape index (κ3) is 4.88. The molecular formula is C24H26N4O3. The zero-order valence-corrected chi connectivity index (χ0v) is 17.6. The van der Waals surface area contributed by atoms with Gasteiger partial charge in [0.2, 0.25) is 5.91 Å². The van der Waals surface area contributed by atoms with Gasteiger partial charge in [-0.1, -0.05) is 18.2 Å². The van der Waals surface area contributed by atoms with Gasteiger partial charge in [-0.2, -0.15) is 0 Å². The number of pyridine rings is 2. The van der Waals surface area contributed by atoms with E-state index in [4.69, 9.17) is 9.72 Å². The van der Waals surface area contributed by atoms with Gasteiger partial charge in [-0.3, -0.25) is 19.6 Å². The van der Waals surface area contributed by atoms with Crippen molar-refractivity contribution in [3.05, 3.63) is 71.7 Å².